The summed E-state index contributed by atoms with van der Waals surface area (Å²) in [6.45, 7) is 7.15. The van der Waals surface area contributed by atoms with Crippen LogP contribution in [0.15, 0.2) is 17.2 Å². The van der Waals surface area contributed by atoms with Gasteiger partial charge < -0.3 is 9.88 Å². The maximum Gasteiger partial charge on any atom is 0.293 e. The molecule has 1 heterocycles. The fraction of sp³-hybridized carbons (Fsp3) is 0.750. The van der Waals surface area contributed by atoms with E-state index in [9.17, 15) is 4.79 Å². The van der Waals surface area contributed by atoms with Crippen LogP contribution in [0.2, 0.25) is 0 Å². The average Bonchev–Trinajstić information content (AvgIpc) is 2.43. The molecule has 0 aliphatic heterocycles. The van der Waals surface area contributed by atoms with Crippen molar-refractivity contribution in [1.29, 1.82) is 0 Å². The van der Waals surface area contributed by atoms with Crippen LogP contribution in [-0.4, -0.2) is 15.6 Å². The van der Waals surface area contributed by atoms with Gasteiger partial charge in [-0.2, -0.15) is 0 Å². The summed E-state index contributed by atoms with van der Waals surface area (Å²) in [5.74, 6) is 1.63. The standard InChI is InChI=1S/C16H27N3O/c1-12(2)11-19-10-9-17-15(16(19)20)18-13(3)14-7-5-4-6-8-14/h9-10,12-14H,4-8,11H2,1-3H3,(H,17,18). The van der Waals surface area contributed by atoms with Crippen molar-refractivity contribution >= 4 is 5.82 Å². The Kier molecular flexibility index (Phi) is 5.21. The molecule has 1 saturated carbocycles. The molecule has 1 aliphatic rings. The van der Waals surface area contributed by atoms with Crippen LogP contribution in [0.3, 0.4) is 0 Å². The summed E-state index contributed by atoms with van der Waals surface area (Å²) in [6, 6.07) is 0.324. The van der Waals surface area contributed by atoms with Crippen LogP contribution in [-0.2, 0) is 6.54 Å². The van der Waals surface area contributed by atoms with Gasteiger partial charge in [-0.3, -0.25) is 4.79 Å². The van der Waals surface area contributed by atoms with Gasteiger partial charge in [0.1, 0.15) is 0 Å². The fourth-order valence-electron chi connectivity index (χ4n) is 3.05. The Morgan fingerprint density at radius 1 is 1.30 bits per heavy atom. The molecule has 0 radical (unpaired) electrons. The lowest BCUT2D eigenvalue weighted by Crippen LogP contribution is -2.33. The Morgan fingerprint density at radius 2 is 2.00 bits per heavy atom. The van der Waals surface area contributed by atoms with Crippen LogP contribution in [0.1, 0.15) is 52.9 Å². The van der Waals surface area contributed by atoms with Gasteiger partial charge in [0, 0.05) is 25.0 Å². The van der Waals surface area contributed by atoms with Crippen LogP contribution >= 0.6 is 0 Å². The molecule has 4 heteroatoms. The van der Waals surface area contributed by atoms with Crippen molar-refractivity contribution < 1.29 is 0 Å². The van der Waals surface area contributed by atoms with E-state index < -0.39 is 0 Å². The van der Waals surface area contributed by atoms with E-state index in [0.717, 1.165) is 6.54 Å². The minimum atomic E-state index is 0.00357. The Hall–Kier alpha value is -1.32. The molecule has 4 nitrogen and oxygen atoms in total. The molecule has 0 saturated heterocycles. The van der Waals surface area contributed by atoms with E-state index in [1.165, 1.54) is 32.1 Å². The summed E-state index contributed by atoms with van der Waals surface area (Å²) < 4.78 is 1.76. The second-order valence-electron chi connectivity index (χ2n) is 6.46. The highest BCUT2D eigenvalue weighted by Gasteiger charge is 2.21. The lowest BCUT2D eigenvalue weighted by molar-refractivity contribution is 0.328. The number of nitrogens with zero attached hydrogens (tertiary/aromatic N) is 2. The SMILES string of the molecule is CC(C)Cn1ccnc(NC(C)C2CCCCC2)c1=O. The lowest BCUT2D eigenvalue weighted by atomic mass is 9.84. The van der Waals surface area contributed by atoms with E-state index in [1.54, 1.807) is 17.0 Å². The highest BCUT2D eigenvalue weighted by atomic mass is 16.1. The summed E-state index contributed by atoms with van der Waals surface area (Å²) in [6.07, 6.45) is 10.0. The molecule has 20 heavy (non-hydrogen) atoms. The summed E-state index contributed by atoms with van der Waals surface area (Å²) in [5.41, 5.74) is 0.00357. The van der Waals surface area contributed by atoms with E-state index in [4.69, 9.17) is 0 Å². The molecule has 1 aromatic heterocycles. The quantitative estimate of drug-likeness (QED) is 0.898. The third kappa shape index (κ3) is 3.84. The normalized spacial score (nSPS) is 18.2. The second-order valence-corrected chi connectivity index (χ2v) is 6.46. The van der Waals surface area contributed by atoms with Crippen molar-refractivity contribution in [2.45, 2.75) is 65.5 Å². The Bertz CT molecular complexity index is 475. The first-order valence-electron chi connectivity index (χ1n) is 7.90. The number of aromatic nitrogens is 2. The molecule has 112 valence electrons. The fourth-order valence-corrected chi connectivity index (χ4v) is 3.05. The molecule has 2 rings (SSSR count). The maximum absolute atomic E-state index is 12.4. The van der Waals surface area contributed by atoms with Crippen molar-refractivity contribution in [3.05, 3.63) is 22.7 Å². The summed E-state index contributed by atoms with van der Waals surface area (Å²) in [7, 11) is 0. The minimum Gasteiger partial charge on any atom is -0.363 e. The molecule has 1 unspecified atom stereocenters. The first-order valence-corrected chi connectivity index (χ1v) is 7.90. The van der Waals surface area contributed by atoms with Gasteiger partial charge in [-0.05, 0) is 31.6 Å². The van der Waals surface area contributed by atoms with Gasteiger partial charge in [0.15, 0.2) is 5.82 Å². The van der Waals surface area contributed by atoms with Gasteiger partial charge in [0.25, 0.3) is 5.56 Å². The smallest absolute Gasteiger partial charge is 0.293 e. The van der Waals surface area contributed by atoms with Gasteiger partial charge >= 0.3 is 0 Å². The van der Waals surface area contributed by atoms with Crippen LogP contribution in [0.25, 0.3) is 0 Å². The Labute approximate surface area is 121 Å². The molecule has 0 spiro atoms. The molecule has 0 amide bonds. The zero-order valence-corrected chi connectivity index (χ0v) is 12.9. The Morgan fingerprint density at radius 3 is 2.65 bits per heavy atom. The van der Waals surface area contributed by atoms with Gasteiger partial charge in [-0.1, -0.05) is 33.1 Å². The first-order chi connectivity index (χ1) is 9.58. The molecule has 1 N–H and O–H groups in total. The Balaban J connectivity index is 2.06. The zero-order valence-electron chi connectivity index (χ0n) is 12.9. The molecule has 0 bridgehead atoms. The number of nitrogens with one attached hydrogen (secondary N) is 1. The summed E-state index contributed by atoms with van der Waals surface area (Å²) in [4.78, 5) is 16.6. The number of rotatable bonds is 5. The number of hydrogen-bond acceptors (Lipinski definition) is 3. The molecular weight excluding hydrogens is 250 g/mol. The van der Waals surface area contributed by atoms with E-state index >= 15 is 0 Å². The van der Waals surface area contributed by atoms with E-state index in [-0.39, 0.29) is 5.56 Å². The van der Waals surface area contributed by atoms with Gasteiger partial charge in [0.05, 0.1) is 0 Å². The van der Waals surface area contributed by atoms with Gasteiger partial charge in [-0.15, -0.1) is 0 Å². The molecule has 1 aliphatic carbocycles. The molecule has 1 aromatic rings. The average molecular weight is 277 g/mol. The lowest BCUT2D eigenvalue weighted by Gasteiger charge is -2.28. The van der Waals surface area contributed by atoms with E-state index in [1.807, 2.05) is 0 Å². The molecule has 1 atom stereocenters. The second kappa shape index (κ2) is 6.91. The van der Waals surface area contributed by atoms with Gasteiger partial charge in [-0.25, -0.2) is 4.98 Å². The largest absolute Gasteiger partial charge is 0.363 e. The summed E-state index contributed by atoms with van der Waals surface area (Å²) in [5, 5.41) is 3.35. The highest BCUT2D eigenvalue weighted by molar-refractivity contribution is 5.32. The van der Waals surface area contributed by atoms with E-state index in [0.29, 0.717) is 23.7 Å². The van der Waals surface area contributed by atoms with Crippen molar-refractivity contribution in [2.75, 3.05) is 5.32 Å². The van der Waals surface area contributed by atoms with E-state index in [2.05, 4.69) is 31.1 Å². The molecule has 0 aromatic carbocycles. The highest BCUT2D eigenvalue weighted by Crippen LogP contribution is 2.27. The van der Waals surface area contributed by atoms with Crippen molar-refractivity contribution in [2.24, 2.45) is 11.8 Å². The number of hydrogen-bond donors (Lipinski definition) is 1. The van der Waals surface area contributed by atoms with Crippen LogP contribution in [0.5, 0.6) is 0 Å². The van der Waals surface area contributed by atoms with Crippen LogP contribution in [0, 0.1) is 11.8 Å². The van der Waals surface area contributed by atoms with Gasteiger partial charge in [0.2, 0.25) is 0 Å². The third-order valence-corrected chi connectivity index (χ3v) is 4.20. The van der Waals surface area contributed by atoms with Crippen molar-refractivity contribution in [3.63, 3.8) is 0 Å². The third-order valence-electron chi connectivity index (χ3n) is 4.20. The first kappa shape index (κ1) is 15.1. The maximum atomic E-state index is 12.4. The monoisotopic (exact) mass is 277 g/mol. The van der Waals surface area contributed by atoms with Crippen molar-refractivity contribution in [3.8, 4) is 0 Å². The van der Waals surface area contributed by atoms with Crippen LogP contribution < -0.4 is 10.9 Å². The predicted molar refractivity (Wildman–Crippen MR) is 83.0 cm³/mol. The molecule has 1 fully saturated rings. The summed E-state index contributed by atoms with van der Waals surface area (Å²) >= 11 is 0. The topological polar surface area (TPSA) is 46.9 Å². The van der Waals surface area contributed by atoms with Crippen LogP contribution in [0.4, 0.5) is 5.82 Å². The van der Waals surface area contributed by atoms with Crippen molar-refractivity contribution in [1.82, 2.24) is 9.55 Å². The molecular formula is C16H27N3O. The zero-order chi connectivity index (χ0) is 14.5. The minimum absolute atomic E-state index is 0.00357. The predicted octanol–water partition coefficient (Wildman–Crippen LogP) is 3.28. The number of anilines is 1.